The van der Waals surface area contributed by atoms with Crippen molar-refractivity contribution in [1.29, 1.82) is 0 Å². The number of hydrogen-bond donors (Lipinski definition) is 1. The van der Waals surface area contributed by atoms with Crippen molar-refractivity contribution in [2.75, 3.05) is 24.3 Å². The zero-order chi connectivity index (χ0) is 12.0. The molecule has 1 aliphatic carbocycles. The molecule has 0 heterocycles. The summed E-state index contributed by atoms with van der Waals surface area (Å²) in [5, 5.41) is 4.06. The maximum Gasteiger partial charge on any atom is 0.148 e. The topological polar surface area (TPSA) is 46.2 Å². The van der Waals surface area contributed by atoms with Crippen LogP contribution in [-0.2, 0) is 9.84 Å². The maximum absolute atomic E-state index is 11.0. The molecule has 0 aromatic rings. The first kappa shape index (κ1) is 14.3. The van der Waals surface area contributed by atoms with Gasteiger partial charge in [-0.15, -0.1) is 0 Å². The van der Waals surface area contributed by atoms with Crippen LogP contribution >= 0.6 is 11.8 Å². The molecule has 0 spiro atoms. The van der Waals surface area contributed by atoms with E-state index in [9.17, 15) is 8.42 Å². The Morgan fingerprint density at radius 1 is 1.38 bits per heavy atom. The molecule has 0 amide bonds. The van der Waals surface area contributed by atoms with Gasteiger partial charge in [-0.25, -0.2) is 8.42 Å². The summed E-state index contributed by atoms with van der Waals surface area (Å²) in [5.41, 5.74) is 0. The van der Waals surface area contributed by atoms with Gasteiger partial charge in [0.15, 0.2) is 0 Å². The van der Waals surface area contributed by atoms with Crippen molar-refractivity contribution in [1.82, 2.24) is 5.32 Å². The summed E-state index contributed by atoms with van der Waals surface area (Å²) in [6.45, 7) is 3.16. The van der Waals surface area contributed by atoms with Gasteiger partial charge in [0.2, 0.25) is 0 Å². The molecule has 0 aliphatic heterocycles. The predicted molar refractivity (Wildman–Crippen MR) is 71.9 cm³/mol. The number of nitrogens with one attached hydrogen (secondary N) is 1. The van der Waals surface area contributed by atoms with Crippen LogP contribution in [0.15, 0.2) is 0 Å². The molecule has 1 unspecified atom stereocenters. The molecule has 1 fully saturated rings. The van der Waals surface area contributed by atoms with E-state index < -0.39 is 9.84 Å². The summed E-state index contributed by atoms with van der Waals surface area (Å²) in [6, 6.07) is 0.706. The predicted octanol–water partition coefficient (Wildman–Crippen LogP) is 1.68. The van der Waals surface area contributed by atoms with Gasteiger partial charge >= 0.3 is 0 Å². The molecular formula is C11H23NO2S2. The van der Waals surface area contributed by atoms with Gasteiger partial charge in [0, 0.05) is 29.8 Å². The van der Waals surface area contributed by atoms with Crippen molar-refractivity contribution < 1.29 is 8.42 Å². The monoisotopic (exact) mass is 265 g/mol. The van der Waals surface area contributed by atoms with Crippen molar-refractivity contribution in [2.45, 2.75) is 43.9 Å². The lowest BCUT2D eigenvalue weighted by molar-refractivity contribution is 0.527. The fraction of sp³-hybridized carbons (Fsp3) is 1.00. The number of hydrogen-bond acceptors (Lipinski definition) is 4. The van der Waals surface area contributed by atoms with E-state index in [1.807, 2.05) is 0 Å². The highest BCUT2D eigenvalue weighted by Crippen LogP contribution is 2.18. The van der Waals surface area contributed by atoms with E-state index in [-0.39, 0.29) is 0 Å². The Kier molecular flexibility index (Phi) is 6.15. The first-order valence-electron chi connectivity index (χ1n) is 6.00. The Morgan fingerprint density at radius 2 is 2.00 bits per heavy atom. The minimum Gasteiger partial charge on any atom is -0.313 e. The minimum atomic E-state index is -2.79. The van der Waals surface area contributed by atoms with Crippen LogP contribution in [0.25, 0.3) is 0 Å². The van der Waals surface area contributed by atoms with Crippen LogP contribution < -0.4 is 5.32 Å². The van der Waals surface area contributed by atoms with Crippen LogP contribution in [0.5, 0.6) is 0 Å². The van der Waals surface area contributed by atoms with Crippen LogP contribution in [0.1, 0.15) is 32.6 Å². The SMILES string of the molecule is CC(CNC1CCCC1)SCCS(C)(=O)=O. The van der Waals surface area contributed by atoms with E-state index in [0.29, 0.717) is 22.8 Å². The molecule has 5 heteroatoms. The molecule has 0 saturated heterocycles. The smallest absolute Gasteiger partial charge is 0.148 e. The summed E-state index contributed by atoms with van der Waals surface area (Å²) >= 11 is 1.74. The summed E-state index contributed by atoms with van der Waals surface area (Å²) in [7, 11) is -2.79. The van der Waals surface area contributed by atoms with Gasteiger partial charge in [0.05, 0.1) is 5.75 Å². The van der Waals surface area contributed by atoms with Crippen LogP contribution in [0.3, 0.4) is 0 Å². The maximum atomic E-state index is 11.0. The lowest BCUT2D eigenvalue weighted by atomic mass is 10.2. The average Bonchev–Trinajstić information content (AvgIpc) is 2.65. The van der Waals surface area contributed by atoms with Gasteiger partial charge in [-0.2, -0.15) is 11.8 Å². The highest BCUT2D eigenvalue weighted by Gasteiger charge is 2.15. The Labute approximate surface area is 104 Å². The van der Waals surface area contributed by atoms with Gasteiger partial charge in [0.1, 0.15) is 9.84 Å². The molecule has 1 aliphatic rings. The highest BCUT2D eigenvalue weighted by molar-refractivity contribution is 8.01. The van der Waals surface area contributed by atoms with Crippen molar-refractivity contribution in [3.63, 3.8) is 0 Å². The van der Waals surface area contributed by atoms with Crippen molar-refractivity contribution in [3.05, 3.63) is 0 Å². The third kappa shape index (κ3) is 6.76. The Hall–Kier alpha value is 0.260. The first-order valence-corrected chi connectivity index (χ1v) is 9.11. The van der Waals surface area contributed by atoms with Crippen molar-refractivity contribution in [3.8, 4) is 0 Å². The number of thioether (sulfide) groups is 1. The van der Waals surface area contributed by atoms with E-state index in [1.165, 1.54) is 31.9 Å². The second kappa shape index (κ2) is 6.87. The molecule has 1 N–H and O–H groups in total. The fourth-order valence-corrected chi connectivity index (χ4v) is 4.13. The molecule has 1 atom stereocenters. The molecule has 0 aromatic carbocycles. The van der Waals surface area contributed by atoms with E-state index in [4.69, 9.17) is 0 Å². The third-order valence-corrected chi connectivity index (χ3v) is 5.29. The second-order valence-electron chi connectivity index (χ2n) is 4.70. The van der Waals surface area contributed by atoms with Gasteiger partial charge < -0.3 is 5.32 Å². The standard InChI is InChI=1S/C11H23NO2S2/c1-10(15-7-8-16(2,13)14)9-12-11-5-3-4-6-11/h10-12H,3-9H2,1-2H3. The zero-order valence-electron chi connectivity index (χ0n) is 10.2. The molecule has 1 saturated carbocycles. The normalized spacial score (nSPS) is 20.1. The van der Waals surface area contributed by atoms with Gasteiger partial charge in [-0.05, 0) is 12.8 Å². The molecule has 96 valence electrons. The number of rotatable bonds is 7. The first-order chi connectivity index (χ1) is 7.47. The summed E-state index contributed by atoms with van der Waals surface area (Å²) in [5.74, 6) is 1.01. The second-order valence-corrected chi connectivity index (χ2v) is 8.51. The quantitative estimate of drug-likeness (QED) is 0.761. The van der Waals surface area contributed by atoms with Crippen molar-refractivity contribution in [2.24, 2.45) is 0 Å². The van der Waals surface area contributed by atoms with Gasteiger partial charge in [-0.3, -0.25) is 0 Å². The van der Waals surface area contributed by atoms with E-state index in [1.54, 1.807) is 11.8 Å². The largest absolute Gasteiger partial charge is 0.313 e. The zero-order valence-corrected chi connectivity index (χ0v) is 11.9. The third-order valence-electron chi connectivity index (χ3n) is 2.91. The average molecular weight is 265 g/mol. The van der Waals surface area contributed by atoms with Crippen LogP contribution in [0.2, 0.25) is 0 Å². The fourth-order valence-electron chi connectivity index (χ4n) is 1.92. The van der Waals surface area contributed by atoms with Crippen LogP contribution in [-0.4, -0.2) is 44.0 Å². The van der Waals surface area contributed by atoms with Gasteiger partial charge in [0.25, 0.3) is 0 Å². The number of sulfone groups is 1. The van der Waals surface area contributed by atoms with E-state index >= 15 is 0 Å². The lowest BCUT2D eigenvalue weighted by Crippen LogP contribution is -2.31. The molecule has 0 radical (unpaired) electrons. The summed E-state index contributed by atoms with van der Waals surface area (Å²) in [4.78, 5) is 0. The molecule has 0 aromatic heterocycles. The Bertz CT molecular complexity index is 284. The molecule has 16 heavy (non-hydrogen) atoms. The van der Waals surface area contributed by atoms with Crippen LogP contribution in [0, 0.1) is 0 Å². The Morgan fingerprint density at radius 3 is 2.56 bits per heavy atom. The molecule has 0 bridgehead atoms. The van der Waals surface area contributed by atoms with Crippen molar-refractivity contribution >= 4 is 21.6 Å². The van der Waals surface area contributed by atoms with E-state index in [0.717, 1.165) is 6.54 Å². The Balaban J connectivity index is 2.04. The highest BCUT2D eigenvalue weighted by atomic mass is 32.2. The van der Waals surface area contributed by atoms with Gasteiger partial charge in [-0.1, -0.05) is 19.8 Å². The summed E-state index contributed by atoms with van der Waals surface area (Å²) in [6.07, 6.45) is 6.62. The minimum absolute atomic E-state index is 0.297. The van der Waals surface area contributed by atoms with Crippen LogP contribution in [0.4, 0.5) is 0 Å². The molecule has 1 rings (SSSR count). The van der Waals surface area contributed by atoms with E-state index in [2.05, 4.69) is 12.2 Å². The summed E-state index contributed by atoms with van der Waals surface area (Å²) < 4.78 is 21.9. The molecule has 3 nitrogen and oxygen atoms in total. The molecular weight excluding hydrogens is 242 g/mol. The lowest BCUT2D eigenvalue weighted by Gasteiger charge is -2.16.